The van der Waals surface area contributed by atoms with Crippen LogP contribution in [0.15, 0.2) is 16.7 Å². The molecule has 4 nitrogen and oxygen atoms in total. The summed E-state index contributed by atoms with van der Waals surface area (Å²) in [5.74, 6) is 0.0885. The Morgan fingerprint density at radius 2 is 1.91 bits per heavy atom. The Kier molecular flexibility index (Phi) is 5.62. The predicted molar refractivity (Wildman–Crippen MR) is 93.5 cm³/mol. The molecule has 5 heteroatoms. The summed E-state index contributed by atoms with van der Waals surface area (Å²) in [5, 5.41) is 0. The van der Waals surface area contributed by atoms with E-state index in [0.717, 1.165) is 53.7 Å². The van der Waals surface area contributed by atoms with Gasteiger partial charge in [-0.15, -0.1) is 0 Å². The van der Waals surface area contributed by atoms with E-state index in [1.807, 2.05) is 35.4 Å². The molecule has 2 aromatic heterocycles. The molecular weight excluding hydrogens is 342 g/mol. The van der Waals surface area contributed by atoms with E-state index in [1.54, 1.807) is 0 Å². The SMILES string of the molecule is CCCN(CCC)C(=O)c1c(CC)nc2c(C)cc(Br)cn12. The minimum atomic E-state index is 0.0885. The van der Waals surface area contributed by atoms with Gasteiger partial charge in [0.1, 0.15) is 11.3 Å². The lowest BCUT2D eigenvalue weighted by atomic mass is 10.2. The summed E-state index contributed by atoms with van der Waals surface area (Å²) in [5.41, 5.74) is 3.53. The van der Waals surface area contributed by atoms with Gasteiger partial charge in [-0.3, -0.25) is 9.20 Å². The quantitative estimate of drug-likeness (QED) is 0.767. The first kappa shape index (κ1) is 17.0. The van der Waals surface area contributed by atoms with Crippen LogP contribution >= 0.6 is 15.9 Å². The third-order valence-corrected chi connectivity index (χ3v) is 4.19. The maximum Gasteiger partial charge on any atom is 0.272 e. The lowest BCUT2D eigenvalue weighted by Crippen LogP contribution is -2.34. The average Bonchev–Trinajstić information content (AvgIpc) is 2.85. The lowest BCUT2D eigenvalue weighted by Gasteiger charge is -2.21. The first-order valence-electron chi connectivity index (χ1n) is 7.99. The third kappa shape index (κ3) is 3.19. The molecule has 120 valence electrons. The number of amides is 1. The van der Waals surface area contributed by atoms with E-state index in [4.69, 9.17) is 4.98 Å². The molecule has 0 bridgehead atoms. The van der Waals surface area contributed by atoms with Crippen LogP contribution in [0.25, 0.3) is 5.65 Å². The Balaban J connectivity index is 2.59. The van der Waals surface area contributed by atoms with Crippen LogP contribution in [0.5, 0.6) is 0 Å². The van der Waals surface area contributed by atoms with Crippen molar-refractivity contribution in [1.82, 2.24) is 14.3 Å². The summed E-state index contributed by atoms with van der Waals surface area (Å²) in [6.07, 6.45) is 4.63. The molecule has 22 heavy (non-hydrogen) atoms. The summed E-state index contributed by atoms with van der Waals surface area (Å²) >= 11 is 3.52. The molecule has 2 rings (SSSR count). The van der Waals surface area contributed by atoms with Crippen LogP contribution in [0, 0.1) is 6.92 Å². The molecule has 0 fully saturated rings. The molecule has 0 atom stereocenters. The van der Waals surface area contributed by atoms with Crippen LogP contribution in [0.4, 0.5) is 0 Å². The zero-order valence-electron chi connectivity index (χ0n) is 13.8. The first-order valence-corrected chi connectivity index (χ1v) is 8.79. The van der Waals surface area contributed by atoms with E-state index in [-0.39, 0.29) is 5.91 Å². The molecule has 2 aromatic rings. The maximum atomic E-state index is 13.1. The van der Waals surface area contributed by atoms with Crippen LogP contribution in [-0.4, -0.2) is 33.3 Å². The average molecular weight is 366 g/mol. The van der Waals surface area contributed by atoms with E-state index < -0.39 is 0 Å². The fourth-order valence-corrected chi connectivity index (χ4v) is 3.34. The number of pyridine rings is 1. The second kappa shape index (κ2) is 7.27. The topological polar surface area (TPSA) is 37.6 Å². The molecule has 0 saturated carbocycles. The highest BCUT2D eigenvalue weighted by Crippen LogP contribution is 2.22. The monoisotopic (exact) mass is 365 g/mol. The number of aromatic nitrogens is 2. The van der Waals surface area contributed by atoms with Gasteiger partial charge >= 0.3 is 0 Å². The van der Waals surface area contributed by atoms with Gasteiger partial charge in [0.25, 0.3) is 5.91 Å². The number of aryl methyl sites for hydroxylation is 2. The molecule has 0 unspecified atom stereocenters. The molecule has 0 aliphatic heterocycles. The second-order valence-electron chi connectivity index (χ2n) is 5.59. The minimum Gasteiger partial charge on any atom is -0.337 e. The van der Waals surface area contributed by atoms with Crippen molar-refractivity contribution in [3.8, 4) is 0 Å². The Labute approximate surface area is 140 Å². The number of carbonyl (C=O) groups excluding carboxylic acids is 1. The van der Waals surface area contributed by atoms with Crippen LogP contribution in [-0.2, 0) is 6.42 Å². The van der Waals surface area contributed by atoms with Crippen LogP contribution in [0.1, 0.15) is 55.4 Å². The van der Waals surface area contributed by atoms with Gasteiger partial charge in [-0.25, -0.2) is 4.98 Å². The van der Waals surface area contributed by atoms with Crippen molar-refractivity contribution in [2.45, 2.75) is 47.0 Å². The summed E-state index contributed by atoms with van der Waals surface area (Å²) in [6.45, 7) is 9.85. The number of nitrogens with zero attached hydrogens (tertiary/aromatic N) is 3. The number of rotatable bonds is 6. The fourth-order valence-electron chi connectivity index (χ4n) is 2.79. The molecule has 1 amide bonds. The van der Waals surface area contributed by atoms with Crippen molar-refractivity contribution in [3.63, 3.8) is 0 Å². The first-order chi connectivity index (χ1) is 10.5. The van der Waals surface area contributed by atoms with Crippen molar-refractivity contribution in [2.24, 2.45) is 0 Å². The molecule has 0 aliphatic carbocycles. The van der Waals surface area contributed by atoms with Crippen LogP contribution < -0.4 is 0 Å². The van der Waals surface area contributed by atoms with E-state index in [1.165, 1.54) is 0 Å². The third-order valence-electron chi connectivity index (χ3n) is 3.75. The molecule has 0 saturated heterocycles. The predicted octanol–water partition coefficient (Wildman–Crippen LogP) is 4.23. The van der Waals surface area contributed by atoms with Gasteiger partial charge in [0.2, 0.25) is 0 Å². The molecule has 2 heterocycles. The number of fused-ring (bicyclic) bond motifs is 1. The van der Waals surface area contributed by atoms with Gasteiger partial charge < -0.3 is 4.90 Å². The second-order valence-corrected chi connectivity index (χ2v) is 6.50. The van der Waals surface area contributed by atoms with Gasteiger partial charge in [-0.2, -0.15) is 0 Å². The van der Waals surface area contributed by atoms with Crippen LogP contribution in [0.2, 0.25) is 0 Å². The molecule has 0 N–H and O–H groups in total. The summed E-state index contributed by atoms with van der Waals surface area (Å²) in [6, 6.07) is 2.03. The summed E-state index contributed by atoms with van der Waals surface area (Å²) < 4.78 is 2.91. The van der Waals surface area contributed by atoms with Gasteiger partial charge in [0.05, 0.1) is 5.69 Å². The maximum absolute atomic E-state index is 13.1. The largest absolute Gasteiger partial charge is 0.337 e. The molecule has 0 radical (unpaired) electrons. The van der Waals surface area contributed by atoms with Gasteiger partial charge in [-0.1, -0.05) is 20.8 Å². The van der Waals surface area contributed by atoms with Crippen molar-refractivity contribution < 1.29 is 4.79 Å². The van der Waals surface area contributed by atoms with Gasteiger partial charge in [0.15, 0.2) is 0 Å². The Bertz CT molecular complexity index is 672. The van der Waals surface area contributed by atoms with Crippen molar-refractivity contribution in [3.05, 3.63) is 33.7 Å². The highest BCUT2D eigenvalue weighted by Gasteiger charge is 2.23. The van der Waals surface area contributed by atoms with E-state index >= 15 is 0 Å². The molecule has 0 aromatic carbocycles. The molecule has 0 aliphatic rings. The summed E-state index contributed by atoms with van der Waals surface area (Å²) in [7, 11) is 0. The van der Waals surface area contributed by atoms with Gasteiger partial charge in [-0.05, 0) is 53.7 Å². The number of carbonyl (C=O) groups is 1. The summed E-state index contributed by atoms with van der Waals surface area (Å²) in [4.78, 5) is 19.7. The smallest absolute Gasteiger partial charge is 0.272 e. The number of hydrogen-bond acceptors (Lipinski definition) is 2. The van der Waals surface area contributed by atoms with Crippen molar-refractivity contribution >= 4 is 27.5 Å². The number of imidazole rings is 1. The Morgan fingerprint density at radius 1 is 1.27 bits per heavy atom. The van der Waals surface area contributed by atoms with E-state index in [0.29, 0.717) is 5.69 Å². The highest BCUT2D eigenvalue weighted by molar-refractivity contribution is 9.10. The molecular formula is C17H24BrN3O. The van der Waals surface area contributed by atoms with E-state index in [9.17, 15) is 4.79 Å². The van der Waals surface area contributed by atoms with Crippen molar-refractivity contribution in [2.75, 3.05) is 13.1 Å². The zero-order chi connectivity index (χ0) is 16.3. The Hall–Kier alpha value is -1.36. The van der Waals surface area contributed by atoms with Crippen molar-refractivity contribution in [1.29, 1.82) is 0 Å². The van der Waals surface area contributed by atoms with E-state index in [2.05, 4.69) is 29.8 Å². The van der Waals surface area contributed by atoms with Gasteiger partial charge in [0, 0.05) is 23.8 Å². The highest BCUT2D eigenvalue weighted by atomic mass is 79.9. The van der Waals surface area contributed by atoms with Crippen LogP contribution in [0.3, 0.4) is 0 Å². The molecule has 0 spiro atoms. The Morgan fingerprint density at radius 3 is 2.45 bits per heavy atom. The number of halogens is 1. The lowest BCUT2D eigenvalue weighted by molar-refractivity contribution is 0.0747. The fraction of sp³-hybridized carbons (Fsp3) is 0.529. The minimum absolute atomic E-state index is 0.0885. The number of hydrogen-bond donors (Lipinski definition) is 0. The zero-order valence-corrected chi connectivity index (χ0v) is 15.4. The normalized spacial score (nSPS) is 11.1. The standard InChI is InChI=1S/C17H24BrN3O/c1-5-8-20(9-6-2)17(22)15-14(7-3)19-16-12(4)10-13(18)11-21(15)16/h10-11H,5-9H2,1-4H3.